The molecular weight excluding hydrogens is 397 g/mol. The highest BCUT2D eigenvalue weighted by molar-refractivity contribution is 7.94. The van der Waals surface area contributed by atoms with Crippen molar-refractivity contribution in [2.45, 2.75) is 26.1 Å². The summed E-state index contributed by atoms with van der Waals surface area (Å²) < 4.78 is 45.8. The standard InChI is InChI=1S/C20H22FN3O4S/c1-5-6-17(22-13(2)29(4,26)27)19-18(14-7-9-15(21)10-8-14)20(25)24-12-16(28-3)11-23(19)24/h5-10,16H,2,11-12H2,1,3-4H3/b6-5-,22-17+. The molecule has 1 atom stereocenters. The number of allylic oxidation sites excluding steroid dienone is 2. The van der Waals surface area contributed by atoms with Crippen molar-refractivity contribution in [3.05, 3.63) is 69.9 Å². The van der Waals surface area contributed by atoms with Crippen LogP contribution in [0, 0.1) is 5.82 Å². The molecule has 0 saturated heterocycles. The van der Waals surface area contributed by atoms with Crippen molar-refractivity contribution in [2.24, 2.45) is 4.99 Å². The Bertz CT molecular complexity index is 1170. The van der Waals surface area contributed by atoms with Crippen LogP contribution in [0.5, 0.6) is 0 Å². The van der Waals surface area contributed by atoms with Gasteiger partial charge in [0.25, 0.3) is 5.56 Å². The zero-order valence-electron chi connectivity index (χ0n) is 16.4. The van der Waals surface area contributed by atoms with Gasteiger partial charge in [0, 0.05) is 13.4 Å². The number of halogens is 1. The molecular formula is C20H22FN3O4S. The van der Waals surface area contributed by atoms with Crippen LogP contribution >= 0.6 is 0 Å². The van der Waals surface area contributed by atoms with Crippen LogP contribution < -0.4 is 5.56 Å². The predicted octanol–water partition coefficient (Wildman–Crippen LogP) is 2.37. The Morgan fingerprint density at radius 1 is 1.28 bits per heavy atom. The van der Waals surface area contributed by atoms with E-state index in [0.29, 0.717) is 29.9 Å². The first-order chi connectivity index (χ1) is 13.7. The highest BCUT2D eigenvalue weighted by atomic mass is 32.2. The number of aliphatic imine (C=N–C) groups is 1. The minimum Gasteiger partial charge on any atom is -0.378 e. The second-order valence-electron chi connectivity index (χ2n) is 6.72. The van der Waals surface area contributed by atoms with Gasteiger partial charge in [-0.05, 0) is 30.7 Å². The molecule has 1 unspecified atom stereocenters. The number of benzene rings is 1. The first kappa shape index (κ1) is 20.9. The maximum Gasteiger partial charge on any atom is 0.275 e. The molecule has 1 aliphatic heterocycles. The first-order valence-electron chi connectivity index (χ1n) is 8.90. The Morgan fingerprint density at radius 2 is 1.90 bits per heavy atom. The summed E-state index contributed by atoms with van der Waals surface area (Å²) in [6.45, 7) is 6.04. The quantitative estimate of drug-likeness (QED) is 0.673. The molecule has 3 rings (SSSR count). The summed E-state index contributed by atoms with van der Waals surface area (Å²) in [6, 6.07) is 5.56. The topological polar surface area (TPSA) is 82.7 Å². The number of hydrogen-bond acceptors (Lipinski definition) is 5. The van der Waals surface area contributed by atoms with Crippen molar-refractivity contribution in [3.8, 4) is 11.1 Å². The smallest absolute Gasteiger partial charge is 0.275 e. The van der Waals surface area contributed by atoms with E-state index in [2.05, 4.69) is 11.6 Å². The number of fused-ring (bicyclic) bond motifs is 1. The molecule has 0 N–H and O–H groups in total. The van der Waals surface area contributed by atoms with Crippen LogP contribution in [0.25, 0.3) is 11.1 Å². The van der Waals surface area contributed by atoms with Gasteiger partial charge in [0.1, 0.15) is 10.8 Å². The number of ether oxygens (including phenoxy) is 1. The molecule has 154 valence electrons. The lowest BCUT2D eigenvalue weighted by molar-refractivity contribution is 0.0992. The molecule has 0 saturated carbocycles. The van der Waals surface area contributed by atoms with Crippen molar-refractivity contribution in [1.29, 1.82) is 0 Å². The van der Waals surface area contributed by atoms with Crippen molar-refractivity contribution in [3.63, 3.8) is 0 Å². The maximum atomic E-state index is 13.4. The van der Waals surface area contributed by atoms with E-state index in [-0.39, 0.29) is 22.4 Å². The molecule has 2 heterocycles. The monoisotopic (exact) mass is 419 g/mol. The van der Waals surface area contributed by atoms with Gasteiger partial charge in [-0.2, -0.15) is 0 Å². The van der Waals surface area contributed by atoms with Crippen LogP contribution in [0.3, 0.4) is 0 Å². The fourth-order valence-corrected chi connectivity index (χ4v) is 3.50. The molecule has 9 heteroatoms. The van der Waals surface area contributed by atoms with E-state index in [1.54, 1.807) is 30.9 Å². The summed E-state index contributed by atoms with van der Waals surface area (Å²) in [5.41, 5.74) is 1.25. The fourth-order valence-electron chi connectivity index (χ4n) is 3.23. The average Bonchev–Trinajstić information content (AvgIpc) is 3.19. The van der Waals surface area contributed by atoms with E-state index in [9.17, 15) is 17.6 Å². The largest absolute Gasteiger partial charge is 0.378 e. The Balaban J connectivity index is 2.32. The van der Waals surface area contributed by atoms with Crippen molar-refractivity contribution in [1.82, 2.24) is 9.36 Å². The van der Waals surface area contributed by atoms with E-state index in [1.165, 1.54) is 28.9 Å². The van der Waals surface area contributed by atoms with Crippen LogP contribution in [0.4, 0.5) is 4.39 Å². The van der Waals surface area contributed by atoms with Gasteiger partial charge in [-0.1, -0.05) is 24.8 Å². The van der Waals surface area contributed by atoms with E-state index >= 15 is 0 Å². The third-order valence-electron chi connectivity index (χ3n) is 4.69. The van der Waals surface area contributed by atoms with Crippen molar-refractivity contribution >= 4 is 15.5 Å². The minimum absolute atomic E-state index is 0.200. The lowest BCUT2D eigenvalue weighted by Gasteiger charge is -2.11. The predicted molar refractivity (Wildman–Crippen MR) is 110 cm³/mol. The lowest BCUT2D eigenvalue weighted by Crippen LogP contribution is -2.20. The van der Waals surface area contributed by atoms with E-state index in [1.807, 2.05) is 0 Å². The molecule has 0 fully saturated rings. The zero-order chi connectivity index (χ0) is 21.3. The molecule has 0 bridgehead atoms. The second-order valence-corrected chi connectivity index (χ2v) is 8.74. The number of nitrogens with zero attached hydrogens (tertiary/aromatic N) is 3. The second kappa shape index (κ2) is 7.92. The SMILES string of the molecule is C=C(/N=C(\C=C/C)c1c(-c2ccc(F)cc2)c(=O)n2n1CC(OC)C2)S(C)(=O)=O. The minimum atomic E-state index is -3.61. The van der Waals surface area contributed by atoms with Crippen LogP contribution in [-0.4, -0.2) is 43.0 Å². The molecule has 7 nitrogen and oxygen atoms in total. The average molecular weight is 419 g/mol. The molecule has 0 aliphatic carbocycles. The molecule has 1 aliphatic rings. The summed E-state index contributed by atoms with van der Waals surface area (Å²) in [5.74, 6) is -0.422. The van der Waals surface area contributed by atoms with Gasteiger partial charge < -0.3 is 4.74 Å². The van der Waals surface area contributed by atoms with Gasteiger partial charge in [0.15, 0.2) is 9.84 Å². The van der Waals surface area contributed by atoms with Crippen molar-refractivity contribution in [2.75, 3.05) is 13.4 Å². The van der Waals surface area contributed by atoms with Gasteiger partial charge in [0.05, 0.1) is 36.2 Å². The Labute approximate surface area is 168 Å². The summed E-state index contributed by atoms with van der Waals surface area (Å²) >= 11 is 0. The first-order valence-corrected chi connectivity index (χ1v) is 10.8. The third kappa shape index (κ3) is 4.01. The number of rotatable bonds is 6. The number of aromatic nitrogens is 2. The van der Waals surface area contributed by atoms with Gasteiger partial charge >= 0.3 is 0 Å². The summed E-state index contributed by atoms with van der Waals surface area (Å²) in [5, 5.41) is -0.315. The van der Waals surface area contributed by atoms with E-state index in [0.717, 1.165) is 6.26 Å². The molecule has 0 amide bonds. The molecule has 2 aromatic rings. The summed E-state index contributed by atoms with van der Waals surface area (Å²) in [4.78, 5) is 17.4. The Kier molecular flexibility index (Phi) is 5.72. The number of methoxy groups -OCH3 is 1. The summed E-state index contributed by atoms with van der Waals surface area (Å²) in [6.07, 6.45) is 4.13. The Hall–Kier alpha value is -2.78. The van der Waals surface area contributed by atoms with E-state index in [4.69, 9.17) is 4.74 Å². The summed E-state index contributed by atoms with van der Waals surface area (Å²) in [7, 11) is -2.05. The molecule has 1 aromatic heterocycles. The van der Waals surface area contributed by atoms with Crippen LogP contribution in [0.1, 0.15) is 12.6 Å². The maximum absolute atomic E-state index is 13.4. The Morgan fingerprint density at radius 3 is 2.45 bits per heavy atom. The number of sulfone groups is 1. The number of hydrogen-bond donors (Lipinski definition) is 0. The fraction of sp³-hybridized carbons (Fsp3) is 0.300. The van der Waals surface area contributed by atoms with Gasteiger partial charge in [-0.25, -0.2) is 22.5 Å². The third-order valence-corrected chi connectivity index (χ3v) is 5.64. The van der Waals surface area contributed by atoms with Crippen molar-refractivity contribution < 1.29 is 17.5 Å². The van der Waals surface area contributed by atoms with Crippen LogP contribution in [0.2, 0.25) is 0 Å². The van der Waals surface area contributed by atoms with Crippen LogP contribution in [-0.2, 0) is 27.7 Å². The molecule has 0 spiro atoms. The molecule has 0 radical (unpaired) electrons. The normalized spacial score (nSPS) is 17.1. The zero-order valence-corrected chi connectivity index (χ0v) is 17.2. The highest BCUT2D eigenvalue weighted by Crippen LogP contribution is 2.26. The lowest BCUT2D eigenvalue weighted by atomic mass is 10.0. The van der Waals surface area contributed by atoms with Gasteiger partial charge in [-0.3, -0.25) is 9.48 Å². The van der Waals surface area contributed by atoms with Crippen LogP contribution in [0.15, 0.2) is 57.8 Å². The molecule has 1 aromatic carbocycles. The molecule has 29 heavy (non-hydrogen) atoms. The highest BCUT2D eigenvalue weighted by Gasteiger charge is 2.31. The van der Waals surface area contributed by atoms with Gasteiger partial charge in [-0.15, -0.1) is 0 Å². The van der Waals surface area contributed by atoms with Gasteiger partial charge in [0.2, 0.25) is 0 Å². The van der Waals surface area contributed by atoms with E-state index < -0.39 is 15.7 Å².